The molecule has 0 aromatic heterocycles. The minimum absolute atomic E-state index is 0.369. The van der Waals surface area contributed by atoms with Crippen LogP contribution in [0.25, 0.3) is 0 Å². The van der Waals surface area contributed by atoms with Crippen molar-refractivity contribution in [2.24, 2.45) is 0 Å². The number of benzene rings is 3. The average Bonchev–Trinajstić information content (AvgIpc) is 3.15. The SMILES string of the molecule is CCC1(c2ccccc2)C(F)(F)C1(c1ccccc1)c1ccccc1. The van der Waals surface area contributed by atoms with E-state index in [0.717, 1.165) is 0 Å². The summed E-state index contributed by atoms with van der Waals surface area (Å²) in [4.78, 5) is 0. The van der Waals surface area contributed by atoms with Gasteiger partial charge < -0.3 is 0 Å². The third-order valence-electron chi connectivity index (χ3n) is 5.80. The van der Waals surface area contributed by atoms with Crippen LogP contribution in [0.5, 0.6) is 0 Å². The first-order valence-electron chi connectivity index (χ1n) is 8.67. The Balaban J connectivity index is 2.06. The van der Waals surface area contributed by atoms with E-state index in [9.17, 15) is 0 Å². The molecule has 0 N–H and O–H groups in total. The minimum atomic E-state index is -2.86. The maximum absolute atomic E-state index is 15.8. The largest absolute Gasteiger partial charge is 0.273 e. The number of hydrogen-bond acceptors (Lipinski definition) is 0. The molecule has 126 valence electrons. The zero-order valence-electron chi connectivity index (χ0n) is 14.1. The summed E-state index contributed by atoms with van der Waals surface area (Å²) in [6.45, 7) is 1.87. The van der Waals surface area contributed by atoms with Crippen LogP contribution < -0.4 is 0 Å². The van der Waals surface area contributed by atoms with Crippen molar-refractivity contribution in [3.05, 3.63) is 108 Å². The predicted octanol–water partition coefficient (Wildman–Crippen LogP) is 5.97. The van der Waals surface area contributed by atoms with Crippen LogP contribution in [0.15, 0.2) is 91.0 Å². The highest BCUT2D eigenvalue weighted by molar-refractivity contribution is 5.65. The van der Waals surface area contributed by atoms with E-state index < -0.39 is 16.8 Å². The molecular weight excluding hydrogens is 314 g/mol. The standard InChI is InChI=1S/C23H20F2/c1-2-21(18-12-6-3-7-13-18)22(23(21,24)25,19-14-8-4-9-15-19)20-16-10-5-11-17-20/h3-17H,2H2,1H3. The highest BCUT2D eigenvalue weighted by Gasteiger charge is 2.91. The molecule has 4 rings (SSSR count). The average molecular weight is 334 g/mol. The quantitative estimate of drug-likeness (QED) is 0.551. The summed E-state index contributed by atoms with van der Waals surface area (Å²) in [5.41, 5.74) is -0.508. The Bertz CT molecular complexity index is 817. The van der Waals surface area contributed by atoms with Crippen molar-refractivity contribution in [2.45, 2.75) is 30.1 Å². The molecule has 1 atom stereocenters. The van der Waals surface area contributed by atoms with Crippen LogP contribution in [0.4, 0.5) is 8.78 Å². The molecule has 1 aliphatic rings. The molecule has 1 fully saturated rings. The Morgan fingerprint density at radius 2 is 0.960 bits per heavy atom. The first kappa shape index (κ1) is 16.0. The van der Waals surface area contributed by atoms with Gasteiger partial charge in [-0.1, -0.05) is 97.9 Å². The smallest absolute Gasteiger partial charge is 0.204 e. The molecule has 0 spiro atoms. The van der Waals surface area contributed by atoms with E-state index >= 15 is 8.78 Å². The van der Waals surface area contributed by atoms with Crippen molar-refractivity contribution in [1.82, 2.24) is 0 Å². The van der Waals surface area contributed by atoms with E-state index in [1.165, 1.54) is 0 Å². The van der Waals surface area contributed by atoms with Gasteiger partial charge in [-0.15, -0.1) is 0 Å². The summed E-state index contributed by atoms with van der Waals surface area (Å²) in [6, 6.07) is 27.7. The molecule has 1 aliphatic carbocycles. The lowest BCUT2D eigenvalue weighted by Gasteiger charge is -2.24. The van der Waals surface area contributed by atoms with Gasteiger partial charge in [-0.2, -0.15) is 0 Å². The molecule has 0 bridgehead atoms. The summed E-state index contributed by atoms with van der Waals surface area (Å²) >= 11 is 0. The summed E-state index contributed by atoms with van der Waals surface area (Å²) in [5, 5.41) is 0. The van der Waals surface area contributed by atoms with Crippen LogP contribution in [0.2, 0.25) is 0 Å². The predicted molar refractivity (Wildman–Crippen MR) is 97.0 cm³/mol. The maximum Gasteiger partial charge on any atom is 0.273 e. The molecule has 3 aromatic carbocycles. The van der Waals surface area contributed by atoms with Crippen molar-refractivity contribution in [1.29, 1.82) is 0 Å². The Labute approximate surface area is 147 Å². The number of hydrogen-bond donors (Lipinski definition) is 0. The topological polar surface area (TPSA) is 0 Å². The van der Waals surface area contributed by atoms with Crippen LogP contribution in [-0.4, -0.2) is 5.92 Å². The van der Waals surface area contributed by atoms with Crippen LogP contribution in [0.1, 0.15) is 30.0 Å². The fraction of sp³-hybridized carbons (Fsp3) is 0.217. The number of rotatable bonds is 4. The van der Waals surface area contributed by atoms with E-state index in [0.29, 0.717) is 23.1 Å². The normalized spacial score (nSPS) is 23.2. The lowest BCUT2D eigenvalue weighted by Crippen LogP contribution is -2.23. The molecule has 3 aromatic rings. The highest BCUT2D eigenvalue weighted by Crippen LogP contribution is 2.79. The summed E-state index contributed by atoms with van der Waals surface area (Å²) < 4.78 is 31.7. The molecule has 0 amide bonds. The van der Waals surface area contributed by atoms with Gasteiger partial charge in [0.15, 0.2) is 0 Å². The summed E-state index contributed by atoms with van der Waals surface area (Å²) in [6.07, 6.45) is 0.369. The minimum Gasteiger partial charge on any atom is -0.204 e. The Kier molecular flexibility index (Phi) is 3.54. The van der Waals surface area contributed by atoms with Crippen LogP contribution in [-0.2, 0) is 10.8 Å². The summed E-state index contributed by atoms with van der Waals surface area (Å²) in [7, 11) is 0. The third-order valence-corrected chi connectivity index (χ3v) is 5.80. The van der Waals surface area contributed by atoms with Crippen molar-refractivity contribution in [3.63, 3.8) is 0 Å². The van der Waals surface area contributed by atoms with Crippen molar-refractivity contribution in [2.75, 3.05) is 0 Å². The third kappa shape index (κ3) is 1.80. The summed E-state index contributed by atoms with van der Waals surface area (Å²) in [5.74, 6) is -2.86. The lowest BCUT2D eigenvalue weighted by atomic mass is 9.76. The van der Waals surface area contributed by atoms with Gasteiger partial charge in [0.05, 0.1) is 5.41 Å². The second-order valence-corrected chi connectivity index (χ2v) is 6.68. The van der Waals surface area contributed by atoms with E-state index in [-0.39, 0.29) is 0 Å². The Morgan fingerprint density at radius 1 is 0.600 bits per heavy atom. The lowest BCUT2D eigenvalue weighted by molar-refractivity contribution is 0.0735. The zero-order valence-corrected chi connectivity index (χ0v) is 14.1. The molecule has 1 unspecified atom stereocenters. The van der Waals surface area contributed by atoms with E-state index in [2.05, 4.69) is 0 Å². The van der Waals surface area contributed by atoms with Crippen LogP contribution in [0, 0.1) is 0 Å². The van der Waals surface area contributed by atoms with Gasteiger partial charge in [-0.3, -0.25) is 0 Å². The second-order valence-electron chi connectivity index (χ2n) is 6.68. The maximum atomic E-state index is 15.8. The number of alkyl halides is 2. The fourth-order valence-electron chi connectivity index (χ4n) is 4.75. The fourth-order valence-corrected chi connectivity index (χ4v) is 4.75. The van der Waals surface area contributed by atoms with Gasteiger partial charge in [0.1, 0.15) is 5.41 Å². The van der Waals surface area contributed by atoms with Gasteiger partial charge in [-0.25, -0.2) is 8.78 Å². The second kappa shape index (κ2) is 5.52. The molecule has 0 radical (unpaired) electrons. The first-order valence-corrected chi connectivity index (χ1v) is 8.67. The Morgan fingerprint density at radius 3 is 1.32 bits per heavy atom. The molecule has 25 heavy (non-hydrogen) atoms. The molecule has 0 aliphatic heterocycles. The first-order chi connectivity index (χ1) is 12.1. The molecule has 0 saturated heterocycles. The van der Waals surface area contributed by atoms with Gasteiger partial charge in [0, 0.05) is 0 Å². The van der Waals surface area contributed by atoms with Gasteiger partial charge in [0.25, 0.3) is 5.92 Å². The van der Waals surface area contributed by atoms with Crippen LogP contribution in [0.3, 0.4) is 0 Å². The van der Waals surface area contributed by atoms with Crippen molar-refractivity contribution in [3.8, 4) is 0 Å². The van der Waals surface area contributed by atoms with Crippen molar-refractivity contribution < 1.29 is 8.78 Å². The van der Waals surface area contributed by atoms with Crippen molar-refractivity contribution >= 4 is 0 Å². The zero-order chi connectivity index (χ0) is 17.5. The molecule has 2 heteroatoms. The molecule has 1 saturated carbocycles. The monoisotopic (exact) mass is 334 g/mol. The van der Waals surface area contributed by atoms with Gasteiger partial charge >= 0.3 is 0 Å². The van der Waals surface area contributed by atoms with Crippen LogP contribution >= 0.6 is 0 Å². The van der Waals surface area contributed by atoms with Gasteiger partial charge in [-0.05, 0) is 23.1 Å². The van der Waals surface area contributed by atoms with E-state index in [4.69, 9.17) is 0 Å². The number of halogens is 2. The molecule has 0 heterocycles. The van der Waals surface area contributed by atoms with E-state index in [1.807, 2.05) is 97.9 Å². The highest BCUT2D eigenvalue weighted by atomic mass is 19.3. The molecule has 0 nitrogen and oxygen atoms in total. The van der Waals surface area contributed by atoms with E-state index in [1.54, 1.807) is 0 Å². The Hall–Kier alpha value is -2.48. The van der Waals surface area contributed by atoms with Gasteiger partial charge in [0.2, 0.25) is 0 Å². The molecular formula is C23H20F2.